The summed E-state index contributed by atoms with van der Waals surface area (Å²) in [4.78, 5) is 0. The van der Waals surface area contributed by atoms with Gasteiger partial charge in [0.05, 0.1) is 12.3 Å². The summed E-state index contributed by atoms with van der Waals surface area (Å²) in [6.45, 7) is 4.67. The summed E-state index contributed by atoms with van der Waals surface area (Å²) < 4.78 is 29.7. The van der Waals surface area contributed by atoms with Gasteiger partial charge in [-0.2, -0.15) is 8.78 Å². The molecular weight excluding hydrogens is 280 g/mol. The van der Waals surface area contributed by atoms with Crippen LogP contribution in [-0.2, 0) is 12.3 Å². The van der Waals surface area contributed by atoms with Crippen LogP contribution in [0.25, 0.3) is 0 Å². The monoisotopic (exact) mass is 297 g/mol. The summed E-state index contributed by atoms with van der Waals surface area (Å²) in [6, 6.07) is 9.64. The van der Waals surface area contributed by atoms with Crippen molar-refractivity contribution in [2.75, 3.05) is 5.32 Å². The number of halogens is 2. The first-order valence-corrected chi connectivity index (χ1v) is 7.38. The molecule has 0 unspecified atom stereocenters. The average Bonchev–Trinajstić information content (AvgIpc) is 2.86. The number of rotatable bonds is 6. The number of furan rings is 1. The zero-order chi connectivity index (χ0) is 14.5. The fraction of sp³-hybridized carbons (Fsp3) is 0.333. The van der Waals surface area contributed by atoms with Gasteiger partial charge in [-0.3, -0.25) is 0 Å². The van der Waals surface area contributed by atoms with Crippen LogP contribution < -0.4 is 5.32 Å². The van der Waals surface area contributed by atoms with Gasteiger partial charge >= 0.3 is 0 Å². The summed E-state index contributed by atoms with van der Waals surface area (Å²) in [6.07, 6.45) is 0. The van der Waals surface area contributed by atoms with Gasteiger partial charge in [0.1, 0.15) is 11.5 Å². The Balaban J connectivity index is 1.92. The van der Waals surface area contributed by atoms with Crippen LogP contribution in [-0.4, -0.2) is 5.76 Å². The van der Waals surface area contributed by atoms with Gasteiger partial charge in [0.25, 0.3) is 5.76 Å². The first kappa shape index (κ1) is 14.9. The summed E-state index contributed by atoms with van der Waals surface area (Å²) in [5, 5.41) is 3.30. The first-order chi connectivity index (χ1) is 9.56. The molecule has 1 N–H and O–H groups in total. The zero-order valence-corrected chi connectivity index (χ0v) is 12.3. The zero-order valence-electron chi connectivity index (χ0n) is 11.5. The number of hydrogen-bond donors (Lipinski definition) is 1. The number of aryl methyl sites for hydroxylation is 1. The number of alkyl halides is 2. The predicted molar refractivity (Wildman–Crippen MR) is 79.2 cm³/mol. The first-order valence-electron chi connectivity index (χ1n) is 6.33. The molecule has 0 aliphatic heterocycles. The molecule has 0 radical (unpaired) electrons. The van der Waals surface area contributed by atoms with Crippen LogP contribution in [0, 0.1) is 13.8 Å². The fourth-order valence-electron chi connectivity index (χ4n) is 1.86. The van der Waals surface area contributed by atoms with Gasteiger partial charge in [0, 0.05) is 5.69 Å². The standard InChI is InChI=1S/C15H17F2NOS/c1-10-4-3-5-14(11(10)2)18-8-12-6-7-13(19-12)9-20-15(16)17/h3-7,15,18H,8-9H2,1-2H3. The lowest BCUT2D eigenvalue weighted by Gasteiger charge is -2.10. The lowest BCUT2D eigenvalue weighted by Crippen LogP contribution is -2.00. The van der Waals surface area contributed by atoms with Gasteiger partial charge in [0.15, 0.2) is 0 Å². The molecule has 0 aliphatic rings. The van der Waals surface area contributed by atoms with Crippen LogP contribution in [0.4, 0.5) is 14.5 Å². The van der Waals surface area contributed by atoms with Crippen molar-refractivity contribution in [2.24, 2.45) is 0 Å². The topological polar surface area (TPSA) is 25.2 Å². The lowest BCUT2D eigenvalue weighted by molar-refractivity contribution is 0.251. The fourth-order valence-corrected chi connectivity index (χ4v) is 2.31. The van der Waals surface area contributed by atoms with E-state index in [1.54, 1.807) is 6.07 Å². The van der Waals surface area contributed by atoms with Gasteiger partial charge in [-0.25, -0.2) is 0 Å². The minimum atomic E-state index is -2.36. The Kier molecular flexibility index (Phi) is 5.06. The largest absolute Gasteiger partial charge is 0.463 e. The quantitative estimate of drug-likeness (QED) is 0.815. The molecule has 0 bridgehead atoms. The van der Waals surface area contributed by atoms with Crippen LogP contribution in [0.3, 0.4) is 0 Å². The molecule has 1 heterocycles. The molecule has 5 heteroatoms. The van der Waals surface area contributed by atoms with Crippen LogP contribution in [0.15, 0.2) is 34.7 Å². The van der Waals surface area contributed by atoms with Crippen molar-refractivity contribution in [1.82, 2.24) is 0 Å². The van der Waals surface area contributed by atoms with Gasteiger partial charge in [-0.05, 0) is 43.2 Å². The Morgan fingerprint density at radius 2 is 1.90 bits per heavy atom. The summed E-state index contributed by atoms with van der Waals surface area (Å²) in [7, 11) is 0. The Bertz CT molecular complexity index is 569. The van der Waals surface area contributed by atoms with E-state index in [1.807, 2.05) is 18.2 Å². The average molecular weight is 297 g/mol. The van der Waals surface area contributed by atoms with E-state index in [4.69, 9.17) is 4.42 Å². The van der Waals surface area contributed by atoms with Crippen LogP contribution in [0.1, 0.15) is 22.6 Å². The van der Waals surface area contributed by atoms with E-state index < -0.39 is 5.76 Å². The molecule has 0 atom stereocenters. The predicted octanol–water partition coefficient (Wildman–Crippen LogP) is 4.96. The Hall–Kier alpha value is -1.49. The van der Waals surface area contributed by atoms with Crippen molar-refractivity contribution in [3.8, 4) is 0 Å². The van der Waals surface area contributed by atoms with E-state index in [9.17, 15) is 8.78 Å². The smallest absolute Gasteiger partial charge is 0.284 e. The maximum Gasteiger partial charge on any atom is 0.284 e. The van der Waals surface area contributed by atoms with E-state index in [2.05, 4.69) is 25.2 Å². The van der Waals surface area contributed by atoms with Gasteiger partial charge in [-0.15, -0.1) is 0 Å². The third-order valence-electron chi connectivity index (χ3n) is 3.13. The molecule has 1 aromatic heterocycles. The number of thioether (sulfide) groups is 1. The molecule has 0 aliphatic carbocycles. The molecule has 108 valence electrons. The van der Waals surface area contributed by atoms with Crippen molar-refractivity contribution in [1.29, 1.82) is 0 Å². The summed E-state index contributed by atoms with van der Waals surface area (Å²) in [5.74, 6) is -0.846. The Labute approximate surface area is 121 Å². The van der Waals surface area contributed by atoms with Crippen LogP contribution in [0.5, 0.6) is 0 Å². The third-order valence-corrected chi connectivity index (χ3v) is 3.83. The van der Waals surface area contributed by atoms with E-state index in [0.717, 1.165) is 11.4 Å². The van der Waals surface area contributed by atoms with Crippen LogP contribution in [0.2, 0.25) is 0 Å². The minimum absolute atomic E-state index is 0.196. The van der Waals surface area contributed by atoms with E-state index in [0.29, 0.717) is 24.1 Å². The van der Waals surface area contributed by atoms with Crippen molar-refractivity contribution in [3.63, 3.8) is 0 Å². The lowest BCUT2D eigenvalue weighted by atomic mass is 10.1. The van der Waals surface area contributed by atoms with Gasteiger partial charge in [0.2, 0.25) is 0 Å². The highest BCUT2D eigenvalue weighted by Crippen LogP contribution is 2.22. The molecule has 0 amide bonds. The maximum absolute atomic E-state index is 12.1. The second-order valence-electron chi connectivity index (χ2n) is 4.54. The molecule has 0 fully saturated rings. The number of benzene rings is 1. The highest BCUT2D eigenvalue weighted by Gasteiger charge is 2.07. The second kappa shape index (κ2) is 6.79. The Morgan fingerprint density at radius 3 is 2.65 bits per heavy atom. The van der Waals surface area contributed by atoms with Crippen molar-refractivity contribution >= 4 is 17.4 Å². The minimum Gasteiger partial charge on any atom is -0.463 e. The van der Waals surface area contributed by atoms with Crippen molar-refractivity contribution < 1.29 is 13.2 Å². The highest BCUT2D eigenvalue weighted by atomic mass is 32.2. The molecule has 0 spiro atoms. The molecule has 2 rings (SSSR count). The molecule has 1 aromatic carbocycles. The second-order valence-corrected chi connectivity index (χ2v) is 5.52. The van der Waals surface area contributed by atoms with Crippen molar-refractivity contribution in [2.45, 2.75) is 31.9 Å². The molecule has 0 saturated heterocycles. The van der Waals surface area contributed by atoms with E-state index in [1.165, 1.54) is 11.1 Å². The van der Waals surface area contributed by atoms with Gasteiger partial charge < -0.3 is 9.73 Å². The number of nitrogens with one attached hydrogen (secondary N) is 1. The molecule has 2 aromatic rings. The van der Waals surface area contributed by atoms with E-state index >= 15 is 0 Å². The molecule has 0 saturated carbocycles. The summed E-state index contributed by atoms with van der Waals surface area (Å²) >= 11 is 0.569. The molecule has 2 nitrogen and oxygen atoms in total. The van der Waals surface area contributed by atoms with Crippen molar-refractivity contribution in [3.05, 3.63) is 53.0 Å². The highest BCUT2D eigenvalue weighted by molar-refractivity contribution is 7.98. The normalized spacial score (nSPS) is 11.1. The number of hydrogen-bond acceptors (Lipinski definition) is 3. The van der Waals surface area contributed by atoms with Gasteiger partial charge in [-0.1, -0.05) is 23.9 Å². The Morgan fingerprint density at radius 1 is 1.15 bits per heavy atom. The third kappa shape index (κ3) is 4.00. The summed E-state index contributed by atoms with van der Waals surface area (Å²) in [5.41, 5.74) is 3.49. The van der Waals surface area contributed by atoms with E-state index in [-0.39, 0.29) is 5.75 Å². The van der Waals surface area contributed by atoms with Crippen LogP contribution >= 0.6 is 11.8 Å². The molecule has 20 heavy (non-hydrogen) atoms. The maximum atomic E-state index is 12.1. The molecular formula is C15H17F2NOS. The SMILES string of the molecule is Cc1cccc(NCc2ccc(CSC(F)F)o2)c1C. The number of anilines is 1.